The second kappa shape index (κ2) is 14.0. The van der Waals surface area contributed by atoms with Gasteiger partial charge in [-0.3, -0.25) is 0 Å². The number of aromatic nitrogens is 1. The Kier molecular flexibility index (Phi) is 8.29. The summed E-state index contributed by atoms with van der Waals surface area (Å²) in [6.45, 7) is 0.770. The molecule has 3 heteroatoms. The third-order valence-electron chi connectivity index (χ3n) is 12.8. The van der Waals surface area contributed by atoms with Gasteiger partial charge in [-0.15, -0.1) is 0 Å². The molecule has 0 amide bonds. The second-order valence-electron chi connectivity index (χ2n) is 16.2. The van der Waals surface area contributed by atoms with Crippen molar-refractivity contribution in [3.63, 3.8) is 0 Å². The zero-order valence-electron chi connectivity index (χ0n) is 32.0. The molecule has 3 atom stereocenters. The molecule has 0 fully saturated rings. The molecule has 1 aromatic heterocycles. The topological polar surface area (TPSA) is 43.0 Å². The first-order valence-electron chi connectivity index (χ1n) is 20.6. The quantitative estimate of drug-likeness (QED) is 0.160. The number of benzene rings is 8. The van der Waals surface area contributed by atoms with Crippen LogP contribution in [0.1, 0.15) is 42.9 Å². The number of nitrogens with two attached hydrogens (primary N) is 1. The summed E-state index contributed by atoms with van der Waals surface area (Å²) in [6, 6.07) is 55.3. The highest BCUT2D eigenvalue weighted by molar-refractivity contribution is 6.36. The number of hydrogen-bond acceptors (Lipinski definition) is 2. The maximum absolute atomic E-state index is 7.17. The third kappa shape index (κ3) is 5.84. The maximum atomic E-state index is 7.17. The smallest absolute Gasteiger partial charge is 0.0626 e. The summed E-state index contributed by atoms with van der Waals surface area (Å²) >= 11 is 0. The van der Waals surface area contributed by atoms with Gasteiger partial charge in [-0.2, -0.15) is 0 Å². The first kappa shape index (κ1) is 33.9. The number of allylic oxidation sites excluding steroid dienone is 5. The van der Waals surface area contributed by atoms with Gasteiger partial charge >= 0.3 is 0 Å². The molecule has 0 aliphatic heterocycles. The average Bonchev–Trinajstić information content (AvgIpc) is 3.63. The van der Waals surface area contributed by atoms with E-state index in [0.29, 0.717) is 11.8 Å². The van der Waals surface area contributed by atoms with Crippen LogP contribution in [0.3, 0.4) is 0 Å². The molecular weight excluding hydrogens is 691 g/mol. The second-order valence-corrected chi connectivity index (χ2v) is 16.2. The van der Waals surface area contributed by atoms with Crippen LogP contribution >= 0.6 is 0 Å². The summed E-state index contributed by atoms with van der Waals surface area (Å²) in [5.41, 5.74) is 15.9. The van der Waals surface area contributed by atoms with Crippen LogP contribution in [0.2, 0.25) is 0 Å². The lowest BCUT2D eigenvalue weighted by atomic mass is 9.75. The Morgan fingerprint density at radius 2 is 1.40 bits per heavy atom. The highest BCUT2D eigenvalue weighted by atomic mass is 15.0. The molecule has 2 aliphatic carbocycles. The summed E-state index contributed by atoms with van der Waals surface area (Å²) in [5, 5.41) is 16.7. The van der Waals surface area contributed by atoms with Crippen LogP contribution in [-0.2, 0) is 6.54 Å². The molecular formula is C54H45N3. The summed E-state index contributed by atoms with van der Waals surface area (Å²) in [4.78, 5) is 0. The summed E-state index contributed by atoms with van der Waals surface area (Å²) in [6.07, 6.45) is 14.1. The molecule has 0 saturated heterocycles. The van der Waals surface area contributed by atoms with E-state index in [0.717, 1.165) is 30.6 Å². The predicted octanol–water partition coefficient (Wildman–Crippen LogP) is 13.4. The Balaban J connectivity index is 0.998. The molecule has 57 heavy (non-hydrogen) atoms. The van der Waals surface area contributed by atoms with E-state index in [9.17, 15) is 0 Å². The Bertz CT molecular complexity index is 3100. The van der Waals surface area contributed by atoms with E-state index in [1.54, 1.807) is 0 Å². The van der Waals surface area contributed by atoms with Gasteiger partial charge in [-0.25, -0.2) is 0 Å². The molecule has 8 aromatic carbocycles. The molecule has 1 heterocycles. The minimum absolute atomic E-state index is 0.246. The Morgan fingerprint density at radius 1 is 0.684 bits per heavy atom. The molecule has 0 bridgehead atoms. The minimum Gasteiger partial charge on any atom is -0.384 e. The maximum Gasteiger partial charge on any atom is 0.0626 e. The minimum atomic E-state index is -0.246. The molecule has 3 unspecified atom stereocenters. The molecule has 0 radical (unpaired) electrons. The van der Waals surface area contributed by atoms with Crippen molar-refractivity contribution in [2.75, 3.05) is 0 Å². The number of nitrogens with zero attached hydrogens (tertiary/aromatic N) is 1. The van der Waals surface area contributed by atoms with Crippen LogP contribution in [0.25, 0.3) is 70.6 Å². The van der Waals surface area contributed by atoms with Crippen LogP contribution in [-0.4, -0.2) is 4.57 Å². The van der Waals surface area contributed by atoms with Crippen molar-refractivity contribution in [1.82, 2.24) is 9.88 Å². The summed E-state index contributed by atoms with van der Waals surface area (Å²) in [7, 11) is 0. The summed E-state index contributed by atoms with van der Waals surface area (Å²) in [5.74, 6) is 1.03. The summed E-state index contributed by atoms with van der Waals surface area (Å²) < 4.78 is 2.47. The van der Waals surface area contributed by atoms with Crippen LogP contribution in [0.5, 0.6) is 0 Å². The van der Waals surface area contributed by atoms with E-state index in [1.807, 2.05) is 0 Å². The van der Waals surface area contributed by atoms with Gasteiger partial charge in [-0.05, 0) is 111 Å². The van der Waals surface area contributed by atoms with Crippen molar-refractivity contribution in [1.29, 1.82) is 0 Å². The van der Waals surface area contributed by atoms with Crippen molar-refractivity contribution in [3.05, 3.63) is 198 Å². The fourth-order valence-corrected chi connectivity index (χ4v) is 10.0. The van der Waals surface area contributed by atoms with Gasteiger partial charge in [0.2, 0.25) is 0 Å². The molecule has 3 N–H and O–H groups in total. The van der Waals surface area contributed by atoms with E-state index < -0.39 is 0 Å². The van der Waals surface area contributed by atoms with E-state index in [1.165, 1.54) is 94.6 Å². The monoisotopic (exact) mass is 735 g/mol. The van der Waals surface area contributed by atoms with Gasteiger partial charge in [0.15, 0.2) is 0 Å². The number of fused-ring (bicyclic) bond motifs is 12. The van der Waals surface area contributed by atoms with Crippen molar-refractivity contribution in [2.24, 2.45) is 17.6 Å². The third-order valence-corrected chi connectivity index (χ3v) is 12.8. The van der Waals surface area contributed by atoms with E-state index in [4.69, 9.17) is 5.73 Å². The molecule has 276 valence electrons. The first-order chi connectivity index (χ1) is 28.2. The SMILES string of the molecule is NC(/C=C(\NCc1ccc2ccccc2c1)C1CC=C2C=CCCC2C1)c1ccc(-n2c3ccccc3c3c4c5ccccc5ccc4c4ccccc4c32)cc1. The van der Waals surface area contributed by atoms with E-state index in [2.05, 4.69) is 186 Å². The van der Waals surface area contributed by atoms with Gasteiger partial charge in [0.1, 0.15) is 0 Å². The predicted molar refractivity (Wildman–Crippen MR) is 242 cm³/mol. The van der Waals surface area contributed by atoms with Crippen LogP contribution in [0.4, 0.5) is 0 Å². The van der Waals surface area contributed by atoms with Gasteiger partial charge in [0.05, 0.1) is 17.1 Å². The lowest BCUT2D eigenvalue weighted by Gasteiger charge is -2.33. The average molecular weight is 736 g/mol. The highest BCUT2D eigenvalue weighted by Crippen LogP contribution is 2.45. The van der Waals surface area contributed by atoms with Crippen LogP contribution in [0.15, 0.2) is 187 Å². The standard InChI is InChI=1S/C54H45N3/c55-49(33-50(42-24-23-37-12-2-4-15-41(37)32-42)56-34-35-21-22-36-11-1-3-14-40(36)31-35)39-25-28-43(29-26-39)57-51-20-10-9-19-48(51)53-52-44-16-6-5-13-38(44)27-30-46(52)45-17-7-8-18-47(45)54(53)57/h1-3,5-14,16-23,25-31,33,41-42,49,56H,4,15,24,32,34,55H2/b50-33-. The normalized spacial score (nSPS) is 17.8. The molecule has 0 saturated carbocycles. The van der Waals surface area contributed by atoms with Crippen molar-refractivity contribution in [3.8, 4) is 5.69 Å². The molecule has 0 spiro atoms. The van der Waals surface area contributed by atoms with Gasteiger partial charge in [0.25, 0.3) is 0 Å². The lowest BCUT2D eigenvalue weighted by molar-refractivity contribution is 0.390. The zero-order chi connectivity index (χ0) is 37.9. The van der Waals surface area contributed by atoms with Gasteiger partial charge in [-0.1, -0.05) is 146 Å². The van der Waals surface area contributed by atoms with Crippen molar-refractivity contribution in [2.45, 2.75) is 38.3 Å². The molecule has 9 aromatic rings. The highest BCUT2D eigenvalue weighted by Gasteiger charge is 2.27. The van der Waals surface area contributed by atoms with Crippen molar-refractivity contribution >= 4 is 64.9 Å². The number of para-hydroxylation sites is 1. The molecule has 11 rings (SSSR count). The first-order valence-corrected chi connectivity index (χ1v) is 20.6. The van der Waals surface area contributed by atoms with Gasteiger partial charge < -0.3 is 15.6 Å². The zero-order valence-corrected chi connectivity index (χ0v) is 32.0. The number of hydrogen-bond donors (Lipinski definition) is 2. The van der Waals surface area contributed by atoms with Crippen molar-refractivity contribution < 1.29 is 0 Å². The fourth-order valence-electron chi connectivity index (χ4n) is 10.0. The number of nitrogens with one attached hydrogen (secondary N) is 1. The van der Waals surface area contributed by atoms with Gasteiger partial charge in [0, 0.05) is 45.4 Å². The molecule has 3 nitrogen and oxygen atoms in total. The number of rotatable bonds is 7. The lowest BCUT2D eigenvalue weighted by Crippen LogP contribution is -2.27. The van der Waals surface area contributed by atoms with E-state index >= 15 is 0 Å². The Morgan fingerprint density at radius 3 is 2.26 bits per heavy atom. The molecule has 2 aliphatic rings. The van der Waals surface area contributed by atoms with Crippen LogP contribution in [0, 0.1) is 11.8 Å². The Hall–Kier alpha value is -6.42. The van der Waals surface area contributed by atoms with E-state index in [-0.39, 0.29) is 6.04 Å². The van der Waals surface area contributed by atoms with Crippen LogP contribution < -0.4 is 11.1 Å². The largest absolute Gasteiger partial charge is 0.384 e. The Labute approximate surface area is 333 Å². The fraction of sp³-hybridized carbons (Fsp3) is 0.148.